The van der Waals surface area contributed by atoms with Crippen molar-refractivity contribution in [2.75, 3.05) is 26.2 Å². The number of likely N-dealkylation sites (tertiary alicyclic amines) is 1. The number of hydrogen-bond acceptors (Lipinski definition) is 5. The van der Waals surface area contributed by atoms with Crippen molar-refractivity contribution in [1.29, 1.82) is 0 Å². The summed E-state index contributed by atoms with van der Waals surface area (Å²) in [6.07, 6.45) is 4.83. The number of benzene rings is 1. The van der Waals surface area contributed by atoms with Crippen molar-refractivity contribution in [1.82, 2.24) is 14.5 Å². The van der Waals surface area contributed by atoms with Gasteiger partial charge >= 0.3 is 0 Å². The predicted molar refractivity (Wildman–Crippen MR) is 115 cm³/mol. The van der Waals surface area contributed by atoms with Crippen LogP contribution >= 0.6 is 11.3 Å². The predicted octanol–water partition coefficient (Wildman–Crippen LogP) is 4.26. The summed E-state index contributed by atoms with van der Waals surface area (Å²) >= 11 is 1.47. The fourth-order valence-electron chi connectivity index (χ4n) is 3.70. The Kier molecular flexibility index (Phi) is 5.96. The fraction of sp³-hybridized carbons (Fsp3) is 0.455. The second-order valence-corrected chi connectivity index (χ2v) is 9.09. The van der Waals surface area contributed by atoms with Crippen LogP contribution in [0.3, 0.4) is 0 Å². The summed E-state index contributed by atoms with van der Waals surface area (Å²) in [5.74, 6) is 0.255. The van der Waals surface area contributed by atoms with Crippen LogP contribution in [-0.4, -0.2) is 40.7 Å². The van der Waals surface area contributed by atoms with Crippen LogP contribution in [0.25, 0.3) is 15.9 Å². The third kappa shape index (κ3) is 4.51. The average molecular weight is 416 g/mol. The number of fused-ring (bicyclic) bond motifs is 1. The molecule has 0 bridgehead atoms. The first-order valence-corrected chi connectivity index (χ1v) is 11.0. The van der Waals surface area contributed by atoms with E-state index in [2.05, 4.69) is 23.7 Å². The number of halogens is 1. The second kappa shape index (κ2) is 8.63. The molecule has 0 atom stereocenters. The number of hydrogen-bond donors (Lipinski definition) is 0. The topological polar surface area (TPSA) is 47.4 Å². The number of ether oxygens (including phenoxy) is 1. The second-order valence-electron chi connectivity index (χ2n) is 7.96. The minimum absolute atomic E-state index is 0.169. The van der Waals surface area contributed by atoms with Gasteiger partial charge in [0.1, 0.15) is 17.6 Å². The highest BCUT2D eigenvalue weighted by Gasteiger charge is 2.14. The largest absolute Gasteiger partial charge is 0.489 e. The normalized spacial score (nSPS) is 14.9. The molecule has 154 valence electrons. The highest BCUT2D eigenvalue weighted by molar-refractivity contribution is 7.18. The van der Waals surface area contributed by atoms with Crippen LogP contribution in [0.4, 0.5) is 4.39 Å². The Balaban J connectivity index is 1.53. The molecule has 0 radical (unpaired) electrons. The molecule has 0 unspecified atom stereocenters. The van der Waals surface area contributed by atoms with Gasteiger partial charge in [-0.1, -0.05) is 13.8 Å². The van der Waals surface area contributed by atoms with Gasteiger partial charge in [0.15, 0.2) is 11.6 Å². The summed E-state index contributed by atoms with van der Waals surface area (Å²) in [4.78, 5) is 20.8. The molecule has 1 fully saturated rings. The van der Waals surface area contributed by atoms with Crippen LogP contribution < -0.4 is 10.3 Å². The molecule has 0 spiro atoms. The highest BCUT2D eigenvalue weighted by atomic mass is 32.1. The minimum atomic E-state index is -0.470. The molecule has 1 saturated heterocycles. The number of rotatable bonds is 7. The Morgan fingerprint density at radius 2 is 2.03 bits per heavy atom. The van der Waals surface area contributed by atoms with Crippen molar-refractivity contribution in [2.24, 2.45) is 5.92 Å². The lowest BCUT2D eigenvalue weighted by molar-refractivity contribution is 0.231. The van der Waals surface area contributed by atoms with Gasteiger partial charge in [-0.15, -0.1) is 11.3 Å². The van der Waals surface area contributed by atoms with Crippen molar-refractivity contribution >= 4 is 21.6 Å². The molecule has 2 aromatic heterocycles. The quantitative estimate of drug-likeness (QED) is 0.579. The molecule has 7 heteroatoms. The molecule has 1 aliphatic rings. The zero-order valence-corrected chi connectivity index (χ0v) is 17.7. The van der Waals surface area contributed by atoms with Gasteiger partial charge in [-0.2, -0.15) is 0 Å². The smallest absolute Gasteiger partial charge is 0.275 e. The van der Waals surface area contributed by atoms with E-state index in [-0.39, 0.29) is 11.3 Å². The van der Waals surface area contributed by atoms with E-state index in [1.54, 1.807) is 12.1 Å². The number of nitrogens with zero attached hydrogens (tertiary/aromatic N) is 3. The van der Waals surface area contributed by atoms with E-state index in [0.717, 1.165) is 30.9 Å². The van der Waals surface area contributed by atoms with Crippen molar-refractivity contribution in [2.45, 2.75) is 33.1 Å². The van der Waals surface area contributed by atoms with E-state index < -0.39 is 5.82 Å². The van der Waals surface area contributed by atoms with E-state index in [0.29, 0.717) is 28.4 Å². The van der Waals surface area contributed by atoms with Crippen molar-refractivity contribution in [3.05, 3.63) is 51.6 Å². The third-order valence-electron chi connectivity index (χ3n) is 5.16. The molecule has 0 N–H and O–H groups in total. The lowest BCUT2D eigenvalue weighted by atomic mass is 10.1. The molecule has 29 heavy (non-hydrogen) atoms. The van der Waals surface area contributed by atoms with Gasteiger partial charge in [-0.05, 0) is 56.5 Å². The lowest BCUT2D eigenvalue weighted by Gasteiger charge is -2.15. The first kappa shape index (κ1) is 20.0. The monoisotopic (exact) mass is 415 g/mol. The van der Waals surface area contributed by atoms with Gasteiger partial charge in [-0.3, -0.25) is 14.3 Å². The van der Waals surface area contributed by atoms with Gasteiger partial charge in [0.25, 0.3) is 5.56 Å². The minimum Gasteiger partial charge on any atom is -0.489 e. The van der Waals surface area contributed by atoms with E-state index in [1.165, 1.54) is 41.1 Å². The number of aromatic nitrogens is 2. The van der Waals surface area contributed by atoms with Crippen molar-refractivity contribution < 1.29 is 9.13 Å². The summed E-state index contributed by atoms with van der Waals surface area (Å²) in [6, 6.07) is 6.60. The molecule has 0 amide bonds. The molecular weight excluding hydrogens is 389 g/mol. The zero-order valence-electron chi connectivity index (χ0n) is 16.9. The van der Waals surface area contributed by atoms with Gasteiger partial charge in [0, 0.05) is 17.5 Å². The fourth-order valence-corrected chi connectivity index (χ4v) is 4.95. The average Bonchev–Trinajstić information content (AvgIpc) is 3.33. The molecule has 0 saturated carbocycles. The van der Waals surface area contributed by atoms with Crippen LogP contribution in [-0.2, 0) is 6.42 Å². The number of thiophene rings is 1. The standard InChI is InChI=1S/C22H26FN3O2S/c1-15(2)11-17-13-19-21(29-17)22(27)26(14-24-19)16-5-6-20(18(23)12-16)28-10-9-25-7-3-4-8-25/h5-6,12-15H,3-4,7-11H2,1-2H3. The first-order valence-electron chi connectivity index (χ1n) is 10.2. The Morgan fingerprint density at radius 1 is 1.24 bits per heavy atom. The van der Waals surface area contributed by atoms with E-state index in [4.69, 9.17) is 4.74 Å². The van der Waals surface area contributed by atoms with Gasteiger partial charge in [0.05, 0.1) is 11.2 Å². The van der Waals surface area contributed by atoms with Gasteiger partial charge < -0.3 is 4.74 Å². The highest BCUT2D eigenvalue weighted by Crippen LogP contribution is 2.25. The van der Waals surface area contributed by atoms with Gasteiger partial charge in [0.2, 0.25) is 0 Å². The maximum absolute atomic E-state index is 14.6. The Bertz CT molecular complexity index is 1050. The first-order chi connectivity index (χ1) is 14.0. The molecule has 1 aliphatic heterocycles. The molecule has 0 aliphatic carbocycles. The van der Waals surface area contributed by atoms with Crippen molar-refractivity contribution in [3.8, 4) is 11.4 Å². The van der Waals surface area contributed by atoms with E-state index in [1.807, 2.05) is 6.07 Å². The maximum Gasteiger partial charge on any atom is 0.275 e. The summed E-state index contributed by atoms with van der Waals surface area (Å²) in [5, 5.41) is 0. The maximum atomic E-state index is 14.6. The van der Waals surface area contributed by atoms with Crippen LogP contribution in [0.1, 0.15) is 31.6 Å². The third-order valence-corrected chi connectivity index (χ3v) is 6.29. The van der Waals surface area contributed by atoms with Crippen LogP contribution in [0, 0.1) is 11.7 Å². The van der Waals surface area contributed by atoms with E-state index in [9.17, 15) is 9.18 Å². The Labute approximate surface area is 173 Å². The lowest BCUT2D eigenvalue weighted by Crippen LogP contribution is -2.25. The Hall–Kier alpha value is -2.25. The van der Waals surface area contributed by atoms with E-state index >= 15 is 0 Å². The molecule has 5 nitrogen and oxygen atoms in total. The van der Waals surface area contributed by atoms with Gasteiger partial charge in [-0.25, -0.2) is 9.37 Å². The molecule has 3 heterocycles. The Morgan fingerprint density at radius 3 is 2.76 bits per heavy atom. The molecule has 3 aromatic rings. The van der Waals surface area contributed by atoms with Crippen LogP contribution in [0.5, 0.6) is 5.75 Å². The summed E-state index contributed by atoms with van der Waals surface area (Å²) in [6.45, 7) is 7.73. The molecular formula is C22H26FN3O2S. The molecule has 4 rings (SSSR count). The zero-order chi connectivity index (χ0) is 20.4. The molecule has 1 aromatic carbocycles. The van der Waals surface area contributed by atoms with Crippen LogP contribution in [0.15, 0.2) is 35.4 Å². The summed E-state index contributed by atoms with van der Waals surface area (Å²) < 4.78 is 22.2. The SMILES string of the molecule is CC(C)Cc1cc2ncn(-c3ccc(OCCN4CCCC4)c(F)c3)c(=O)c2s1. The van der Waals surface area contributed by atoms with Crippen LogP contribution in [0.2, 0.25) is 0 Å². The summed E-state index contributed by atoms with van der Waals surface area (Å²) in [5.41, 5.74) is 0.985. The summed E-state index contributed by atoms with van der Waals surface area (Å²) in [7, 11) is 0. The van der Waals surface area contributed by atoms with Crippen molar-refractivity contribution in [3.63, 3.8) is 0 Å².